The van der Waals surface area contributed by atoms with Crippen molar-refractivity contribution in [1.82, 2.24) is 0 Å². The Morgan fingerprint density at radius 3 is 2.52 bits per heavy atom. The number of halogens is 1. The van der Waals surface area contributed by atoms with Gasteiger partial charge in [0.15, 0.2) is 0 Å². The quantitative estimate of drug-likeness (QED) is 0.316. The van der Waals surface area contributed by atoms with Crippen LogP contribution in [0.1, 0.15) is 20.8 Å². The lowest BCUT2D eigenvalue weighted by molar-refractivity contribution is -0.384. The van der Waals surface area contributed by atoms with Crippen LogP contribution in [0.4, 0.5) is 16.2 Å². The van der Waals surface area contributed by atoms with Crippen LogP contribution in [0, 0.1) is 13.7 Å². The highest BCUT2D eigenvalue weighted by Gasteiger charge is 2.23. The van der Waals surface area contributed by atoms with Gasteiger partial charge in [0.1, 0.15) is 23.6 Å². The van der Waals surface area contributed by atoms with E-state index in [4.69, 9.17) is 14.2 Å². The van der Waals surface area contributed by atoms with Gasteiger partial charge < -0.3 is 14.2 Å². The molecule has 0 unspecified atom stereocenters. The number of carbonyl (C=O) groups excluding carboxylic acids is 1. The average molecular weight is 438 g/mol. The lowest BCUT2D eigenvalue weighted by Crippen LogP contribution is -2.27. The molecule has 0 aliphatic carbocycles. The molecule has 0 saturated carbocycles. The SMILES string of the molecule is COCCOc1cc(NC(=O)OC(C)(C)C)c([N+](=O)[O-])cc1I. The number of nitro benzene ring substituents is 1. The third kappa shape index (κ3) is 6.57. The van der Waals surface area contributed by atoms with Crippen LogP contribution < -0.4 is 10.1 Å². The number of methoxy groups -OCH3 is 1. The lowest BCUT2D eigenvalue weighted by Gasteiger charge is -2.20. The van der Waals surface area contributed by atoms with Gasteiger partial charge in [0, 0.05) is 19.2 Å². The zero-order chi connectivity index (χ0) is 17.6. The van der Waals surface area contributed by atoms with Crippen molar-refractivity contribution < 1.29 is 23.9 Å². The summed E-state index contributed by atoms with van der Waals surface area (Å²) in [6.45, 7) is 5.77. The summed E-state index contributed by atoms with van der Waals surface area (Å²) in [5, 5.41) is 13.6. The highest BCUT2D eigenvalue weighted by atomic mass is 127. The molecule has 0 saturated heterocycles. The van der Waals surface area contributed by atoms with Crippen molar-refractivity contribution in [2.24, 2.45) is 0 Å². The molecule has 0 fully saturated rings. The summed E-state index contributed by atoms with van der Waals surface area (Å²) in [7, 11) is 1.54. The summed E-state index contributed by atoms with van der Waals surface area (Å²) in [6, 6.07) is 2.73. The van der Waals surface area contributed by atoms with Gasteiger partial charge in [-0.25, -0.2) is 4.79 Å². The summed E-state index contributed by atoms with van der Waals surface area (Å²) >= 11 is 1.93. The Morgan fingerprint density at radius 2 is 2.00 bits per heavy atom. The van der Waals surface area contributed by atoms with Gasteiger partial charge in [-0.15, -0.1) is 0 Å². The summed E-state index contributed by atoms with van der Waals surface area (Å²) in [4.78, 5) is 22.4. The third-order valence-corrected chi connectivity index (χ3v) is 3.27. The fourth-order valence-electron chi connectivity index (χ4n) is 1.55. The first-order valence-corrected chi connectivity index (χ1v) is 7.81. The summed E-state index contributed by atoms with van der Waals surface area (Å²) < 4.78 is 16.0. The number of nitro groups is 1. The number of nitrogens with zero attached hydrogens (tertiary/aromatic N) is 1. The Labute approximate surface area is 147 Å². The minimum absolute atomic E-state index is 0.0112. The van der Waals surface area contributed by atoms with Crippen molar-refractivity contribution in [3.63, 3.8) is 0 Å². The van der Waals surface area contributed by atoms with E-state index in [1.165, 1.54) is 12.1 Å². The number of benzene rings is 1. The zero-order valence-electron chi connectivity index (χ0n) is 13.3. The number of amides is 1. The summed E-state index contributed by atoms with van der Waals surface area (Å²) in [6.07, 6.45) is -0.773. The van der Waals surface area contributed by atoms with Crippen molar-refractivity contribution in [1.29, 1.82) is 0 Å². The molecule has 0 spiro atoms. The molecule has 0 aromatic heterocycles. The highest BCUT2D eigenvalue weighted by molar-refractivity contribution is 14.1. The number of hydrogen-bond donors (Lipinski definition) is 1. The van der Waals surface area contributed by atoms with E-state index in [0.29, 0.717) is 15.9 Å². The number of anilines is 1. The monoisotopic (exact) mass is 438 g/mol. The molecule has 1 aromatic carbocycles. The van der Waals surface area contributed by atoms with Crippen LogP contribution in [-0.4, -0.2) is 36.9 Å². The van der Waals surface area contributed by atoms with Crippen molar-refractivity contribution in [2.45, 2.75) is 26.4 Å². The number of carbonyl (C=O) groups is 1. The fraction of sp³-hybridized carbons (Fsp3) is 0.500. The fourth-order valence-corrected chi connectivity index (χ4v) is 2.16. The topological polar surface area (TPSA) is 99.9 Å². The molecule has 1 N–H and O–H groups in total. The molecule has 1 aromatic rings. The van der Waals surface area contributed by atoms with Crippen molar-refractivity contribution >= 4 is 40.1 Å². The molecule has 1 rings (SSSR count). The normalized spacial score (nSPS) is 11.0. The van der Waals surface area contributed by atoms with E-state index in [9.17, 15) is 14.9 Å². The molecule has 0 aliphatic heterocycles. The van der Waals surface area contributed by atoms with Gasteiger partial charge in [-0.1, -0.05) is 0 Å². The van der Waals surface area contributed by atoms with Gasteiger partial charge in [-0.2, -0.15) is 0 Å². The third-order valence-electron chi connectivity index (χ3n) is 2.43. The van der Waals surface area contributed by atoms with Crippen LogP contribution in [0.3, 0.4) is 0 Å². The van der Waals surface area contributed by atoms with E-state index in [1.54, 1.807) is 27.9 Å². The van der Waals surface area contributed by atoms with Crippen LogP contribution >= 0.6 is 22.6 Å². The van der Waals surface area contributed by atoms with E-state index >= 15 is 0 Å². The molecule has 8 nitrogen and oxygen atoms in total. The molecule has 0 heterocycles. The second-order valence-corrected chi connectivity index (χ2v) is 6.69. The van der Waals surface area contributed by atoms with E-state index in [-0.39, 0.29) is 18.0 Å². The van der Waals surface area contributed by atoms with Gasteiger partial charge in [0.25, 0.3) is 5.69 Å². The first-order valence-electron chi connectivity index (χ1n) is 6.73. The minimum Gasteiger partial charge on any atom is -0.490 e. The molecule has 1 amide bonds. The van der Waals surface area contributed by atoms with Gasteiger partial charge in [0.2, 0.25) is 0 Å². The first kappa shape index (κ1) is 19.4. The number of rotatable bonds is 6. The highest BCUT2D eigenvalue weighted by Crippen LogP contribution is 2.34. The smallest absolute Gasteiger partial charge is 0.412 e. The van der Waals surface area contributed by atoms with E-state index in [1.807, 2.05) is 22.6 Å². The van der Waals surface area contributed by atoms with Crippen LogP contribution in [-0.2, 0) is 9.47 Å². The molecule has 23 heavy (non-hydrogen) atoms. The molecule has 0 atom stereocenters. The Morgan fingerprint density at radius 1 is 1.35 bits per heavy atom. The summed E-state index contributed by atoms with van der Waals surface area (Å²) in [5.74, 6) is 0.416. The van der Waals surface area contributed by atoms with Gasteiger partial charge >= 0.3 is 6.09 Å². The Kier molecular flexibility index (Phi) is 7.01. The maximum Gasteiger partial charge on any atom is 0.412 e. The van der Waals surface area contributed by atoms with Gasteiger partial charge in [0.05, 0.1) is 15.1 Å². The predicted octanol–water partition coefficient (Wildman–Crippen LogP) is 3.57. The molecule has 0 radical (unpaired) electrons. The number of ether oxygens (including phenoxy) is 3. The van der Waals surface area contributed by atoms with Crippen LogP contribution in [0.25, 0.3) is 0 Å². The standard InChI is InChI=1S/C14H19IN2O6/c1-14(2,3)23-13(18)16-10-8-12(22-6-5-21-4)9(15)7-11(10)17(19)20/h7-8H,5-6H2,1-4H3,(H,16,18). The van der Waals surface area contributed by atoms with Gasteiger partial charge in [-0.05, 0) is 43.4 Å². The summed E-state index contributed by atoms with van der Waals surface area (Å²) in [5.41, 5.74) is -0.934. The van der Waals surface area contributed by atoms with Crippen molar-refractivity contribution in [3.8, 4) is 5.75 Å². The number of hydrogen-bond acceptors (Lipinski definition) is 6. The molecule has 9 heteroatoms. The lowest BCUT2D eigenvalue weighted by atomic mass is 10.2. The second kappa shape index (κ2) is 8.29. The predicted molar refractivity (Wildman–Crippen MR) is 93.0 cm³/mol. The van der Waals surface area contributed by atoms with Crippen LogP contribution in [0.15, 0.2) is 12.1 Å². The Hall–Kier alpha value is -1.62. The first-order chi connectivity index (χ1) is 10.6. The number of nitrogens with one attached hydrogen (secondary N) is 1. The molecule has 0 bridgehead atoms. The maximum atomic E-state index is 11.8. The molecule has 0 aliphatic rings. The van der Waals surface area contributed by atoms with E-state index in [0.717, 1.165) is 0 Å². The van der Waals surface area contributed by atoms with Crippen LogP contribution in [0.2, 0.25) is 0 Å². The van der Waals surface area contributed by atoms with Crippen molar-refractivity contribution in [3.05, 3.63) is 25.8 Å². The zero-order valence-corrected chi connectivity index (χ0v) is 15.5. The Balaban J connectivity index is 3.04. The molecular formula is C14H19IN2O6. The largest absolute Gasteiger partial charge is 0.490 e. The van der Waals surface area contributed by atoms with Gasteiger partial charge in [-0.3, -0.25) is 15.4 Å². The Bertz CT molecular complexity index is 585. The molecule has 128 valence electrons. The second-order valence-electron chi connectivity index (χ2n) is 5.53. The van der Waals surface area contributed by atoms with E-state index in [2.05, 4.69) is 5.32 Å². The van der Waals surface area contributed by atoms with Crippen LogP contribution in [0.5, 0.6) is 5.75 Å². The molecular weight excluding hydrogens is 419 g/mol. The van der Waals surface area contributed by atoms with Crippen molar-refractivity contribution in [2.75, 3.05) is 25.6 Å². The average Bonchev–Trinajstić information content (AvgIpc) is 2.39. The maximum absolute atomic E-state index is 11.8. The minimum atomic E-state index is -0.773. The van der Waals surface area contributed by atoms with E-state index < -0.39 is 16.6 Å².